The molecule has 0 aliphatic heterocycles. The fourth-order valence-corrected chi connectivity index (χ4v) is 3.87. The van der Waals surface area contributed by atoms with E-state index in [4.69, 9.17) is 33.7 Å². The van der Waals surface area contributed by atoms with Crippen molar-refractivity contribution in [3.05, 3.63) is 25.7 Å². The number of esters is 1. The van der Waals surface area contributed by atoms with E-state index in [9.17, 15) is 4.79 Å². The van der Waals surface area contributed by atoms with Gasteiger partial charge in [0.25, 0.3) is 0 Å². The molecule has 0 bridgehead atoms. The van der Waals surface area contributed by atoms with Crippen molar-refractivity contribution >= 4 is 56.8 Å². The Morgan fingerprint density at radius 1 is 1.37 bits per heavy atom. The van der Waals surface area contributed by atoms with Gasteiger partial charge in [-0.3, -0.25) is 0 Å². The van der Waals surface area contributed by atoms with Crippen LogP contribution in [-0.4, -0.2) is 12.1 Å². The van der Waals surface area contributed by atoms with Crippen LogP contribution in [0.1, 0.15) is 24.2 Å². The minimum absolute atomic E-state index is 0.207. The van der Waals surface area contributed by atoms with Gasteiger partial charge in [-0.05, 0) is 19.9 Å². The van der Waals surface area contributed by atoms with Gasteiger partial charge < -0.3 is 10.5 Å². The Hall–Kier alpha value is -0.750. The second-order valence-electron chi connectivity index (χ2n) is 4.08. The molecule has 0 aromatic carbocycles. The van der Waals surface area contributed by atoms with Crippen LogP contribution in [0, 0.1) is 0 Å². The SMILES string of the molecule is CC(C)OC(=O)c1c(-c2cc(Cl)sc2Cl)csc1N. The molecule has 2 rings (SSSR count). The zero-order valence-electron chi connectivity index (χ0n) is 10.2. The molecule has 7 heteroatoms. The Bertz CT molecular complexity index is 619. The molecule has 0 amide bonds. The highest BCUT2D eigenvalue weighted by Crippen LogP contribution is 2.43. The smallest absolute Gasteiger partial charge is 0.342 e. The van der Waals surface area contributed by atoms with E-state index in [1.807, 2.05) is 0 Å². The van der Waals surface area contributed by atoms with Gasteiger partial charge in [0.05, 0.1) is 10.4 Å². The van der Waals surface area contributed by atoms with Crippen molar-refractivity contribution in [2.24, 2.45) is 0 Å². The quantitative estimate of drug-likeness (QED) is 0.809. The van der Waals surface area contributed by atoms with Crippen molar-refractivity contribution in [1.29, 1.82) is 0 Å². The number of hydrogen-bond acceptors (Lipinski definition) is 5. The number of ether oxygens (including phenoxy) is 1. The number of nitrogen functional groups attached to an aromatic ring is 1. The van der Waals surface area contributed by atoms with Gasteiger partial charge in [-0.25, -0.2) is 4.79 Å². The molecule has 2 heterocycles. The fraction of sp³-hybridized carbons (Fsp3) is 0.250. The van der Waals surface area contributed by atoms with Crippen LogP contribution in [0.4, 0.5) is 5.00 Å². The average molecular weight is 336 g/mol. The van der Waals surface area contributed by atoms with Gasteiger partial charge in [-0.1, -0.05) is 23.2 Å². The number of hydrogen-bond donors (Lipinski definition) is 1. The zero-order chi connectivity index (χ0) is 14.2. The summed E-state index contributed by atoms with van der Waals surface area (Å²) in [6.07, 6.45) is -0.207. The van der Waals surface area contributed by atoms with Crippen LogP contribution < -0.4 is 5.73 Å². The van der Waals surface area contributed by atoms with Gasteiger partial charge in [-0.15, -0.1) is 22.7 Å². The molecule has 0 unspecified atom stereocenters. The largest absolute Gasteiger partial charge is 0.459 e. The zero-order valence-corrected chi connectivity index (χ0v) is 13.3. The highest BCUT2D eigenvalue weighted by molar-refractivity contribution is 7.20. The van der Waals surface area contributed by atoms with Crippen LogP contribution in [0.3, 0.4) is 0 Å². The number of rotatable bonds is 3. The van der Waals surface area contributed by atoms with Gasteiger partial charge >= 0.3 is 5.97 Å². The van der Waals surface area contributed by atoms with Gasteiger partial charge in [0.15, 0.2) is 0 Å². The molecule has 2 aromatic rings. The third-order valence-corrected chi connectivity index (χ3v) is 4.61. The van der Waals surface area contributed by atoms with Gasteiger partial charge in [0.1, 0.15) is 14.9 Å². The standard InChI is InChI=1S/C12H11Cl2NO2S2/c1-5(2)17-12(16)9-7(4-18-11(9)15)6-3-8(13)19-10(6)14/h3-5H,15H2,1-2H3. The van der Waals surface area contributed by atoms with E-state index < -0.39 is 5.97 Å². The van der Waals surface area contributed by atoms with E-state index in [-0.39, 0.29) is 6.10 Å². The molecule has 0 spiro atoms. The molecule has 3 nitrogen and oxygen atoms in total. The average Bonchev–Trinajstić information content (AvgIpc) is 2.80. The Morgan fingerprint density at radius 3 is 2.58 bits per heavy atom. The molecule has 0 fully saturated rings. The maximum Gasteiger partial charge on any atom is 0.342 e. The van der Waals surface area contributed by atoms with Gasteiger partial charge in [0, 0.05) is 16.5 Å². The van der Waals surface area contributed by atoms with Crippen LogP contribution in [0.15, 0.2) is 11.4 Å². The van der Waals surface area contributed by atoms with Crippen molar-refractivity contribution in [1.82, 2.24) is 0 Å². The van der Waals surface area contributed by atoms with E-state index in [2.05, 4.69) is 0 Å². The van der Waals surface area contributed by atoms with Crippen LogP contribution in [0.5, 0.6) is 0 Å². The lowest BCUT2D eigenvalue weighted by atomic mass is 10.1. The lowest BCUT2D eigenvalue weighted by Crippen LogP contribution is -2.13. The van der Waals surface area contributed by atoms with E-state index in [1.165, 1.54) is 22.7 Å². The molecule has 0 radical (unpaired) electrons. The van der Waals surface area contributed by atoms with E-state index in [0.717, 1.165) is 0 Å². The maximum absolute atomic E-state index is 12.1. The summed E-state index contributed by atoms with van der Waals surface area (Å²) in [4.78, 5) is 12.1. The predicted molar refractivity (Wildman–Crippen MR) is 82.6 cm³/mol. The summed E-state index contributed by atoms with van der Waals surface area (Å²) in [5.41, 5.74) is 7.59. The van der Waals surface area contributed by atoms with Crippen molar-refractivity contribution in [3.8, 4) is 11.1 Å². The minimum Gasteiger partial charge on any atom is -0.459 e. The van der Waals surface area contributed by atoms with Gasteiger partial charge in [-0.2, -0.15) is 0 Å². The molecule has 102 valence electrons. The van der Waals surface area contributed by atoms with Crippen LogP contribution >= 0.6 is 45.9 Å². The summed E-state index contributed by atoms with van der Waals surface area (Å²) in [5, 5.41) is 2.20. The summed E-state index contributed by atoms with van der Waals surface area (Å²) < 4.78 is 6.29. The number of halogens is 2. The van der Waals surface area contributed by atoms with Crippen LogP contribution in [-0.2, 0) is 4.74 Å². The monoisotopic (exact) mass is 335 g/mol. The third-order valence-electron chi connectivity index (χ3n) is 2.31. The first-order valence-corrected chi connectivity index (χ1v) is 7.88. The number of thiophene rings is 2. The number of nitrogens with two attached hydrogens (primary N) is 1. The Labute approximate surface area is 128 Å². The maximum atomic E-state index is 12.1. The second-order valence-corrected chi connectivity index (χ2v) is 7.28. The first kappa shape index (κ1) is 14.7. The van der Waals surface area contributed by atoms with E-state index >= 15 is 0 Å². The predicted octanol–water partition coefficient (Wildman–Crippen LogP) is 4.93. The van der Waals surface area contributed by atoms with Crippen molar-refractivity contribution in [2.75, 3.05) is 5.73 Å². The molecule has 19 heavy (non-hydrogen) atoms. The third kappa shape index (κ3) is 3.05. The fourth-order valence-electron chi connectivity index (χ4n) is 1.58. The molecule has 2 aromatic heterocycles. The topological polar surface area (TPSA) is 52.3 Å². The van der Waals surface area contributed by atoms with Crippen LogP contribution in [0.25, 0.3) is 11.1 Å². The molecule has 0 saturated heterocycles. The second kappa shape index (κ2) is 5.71. The summed E-state index contributed by atoms with van der Waals surface area (Å²) in [7, 11) is 0. The summed E-state index contributed by atoms with van der Waals surface area (Å²) in [6.45, 7) is 3.57. The Kier molecular flexibility index (Phi) is 4.40. The molecular formula is C12H11Cl2NO2S2. The Morgan fingerprint density at radius 2 is 2.05 bits per heavy atom. The van der Waals surface area contributed by atoms with E-state index in [0.29, 0.717) is 30.4 Å². The number of carbonyl (C=O) groups excluding carboxylic acids is 1. The van der Waals surface area contributed by atoms with Crippen molar-refractivity contribution in [2.45, 2.75) is 20.0 Å². The molecule has 0 aliphatic rings. The lowest BCUT2D eigenvalue weighted by molar-refractivity contribution is 0.0380. The normalized spacial score (nSPS) is 11.0. The number of carbonyl (C=O) groups is 1. The van der Waals surface area contributed by atoms with Gasteiger partial charge in [0.2, 0.25) is 0 Å². The summed E-state index contributed by atoms with van der Waals surface area (Å²) in [5.74, 6) is -0.442. The minimum atomic E-state index is -0.442. The van der Waals surface area contributed by atoms with Crippen LogP contribution in [0.2, 0.25) is 8.67 Å². The first-order chi connectivity index (χ1) is 8.90. The van der Waals surface area contributed by atoms with Crippen molar-refractivity contribution in [3.63, 3.8) is 0 Å². The van der Waals surface area contributed by atoms with Crippen molar-refractivity contribution < 1.29 is 9.53 Å². The highest BCUT2D eigenvalue weighted by Gasteiger charge is 2.23. The molecule has 0 aliphatic carbocycles. The highest BCUT2D eigenvalue weighted by atomic mass is 35.5. The molecular weight excluding hydrogens is 325 g/mol. The molecule has 0 atom stereocenters. The molecule has 0 saturated carbocycles. The first-order valence-electron chi connectivity index (χ1n) is 5.43. The summed E-state index contributed by atoms with van der Waals surface area (Å²) >= 11 is 14.6. The lowest BCUT2D eigenvalue weighted by Gasteiger charge is -2.09. The number of anilines is 1. The summed E-state index contributed by atoms with van der Waals surface area (Å²) in [6, 6.07) is 1.72. The Balaban J connectivity index is 2.48. The molecule has 2 N–H and O–H groups in total. The van der Waals surface area contributed by atoms with E-state index in [1.54, 1.807) is 25.3 Å².